The van der Waals surface area contributed by atoms with E-state index in [1.807, 2.05) is 0 Å². The number of rotatable bonds is 2. The summed E-state index contributed by atoms with van der Waals surface area (Å²) in [7, 11) is 0. The Morgan fingerprint density at radius 1 is 1.08 bits per heavy atom. The highest BCUT2D eigenvalue weighted by atomic mass is 16.4. The van der Waals surface area contributed by atoms with Crippen LogP contribution in [0.2, 0.25) is 0 Å². The molecule has 3 fully saturated rings. The van der Waals surface area contributed by atoms with E-state index >= 15 is 0 Å². The zero-order chi connectivity index (χ0) is 18.9. The van der Waals surface area contributed by atoms with Crippen molar-refractivity contribution in [2.75, 3.05) is 0 Å². The van der Waals surface area contributed by atoms with Crippen LogP contribution >= 0.6 is 0 Å². The summed E-state index contributed by atoms with van der Waals surface area (Å²) in [6.07, 6.45) is 4.22. The molecule has 0 radical (unpaired) electrons. The van der Waals surface area contributed by atoms with E-state index in [9.17, 15) is 10.0 Å². The molecule has 5 nitrogen and oxygen atoms in total. The monoisotopic (exact) mass is 349 g/mol. The van der Waals surface area contributed by atoms with Crippen LogP contribution in [0.15, 0.2) is 5.16 Å². The number of hydrogen-bond donors (Lipinski definition) is 3. The van der Waals surface area contributed by atoms with E-state index in [-0.39, 0.29) is 33.9 Å². The Morgan fingerprint density at radius 2 is 1.64 bits per heavy atom. The number of hydrogen-bond acceptors (Lipinski definition) is 4. The Morgan fingerprint density at radius 3 is 2.12 bits per heavy atom. The van der Waals surface area contributed by atoms with Crippen LogP contribution < -0.4 is 10.6 Å². The van der Waals surface area contributed by atoms with Crippen molar-refractivity contribution in [3.8, 4) is 0 Å². The highest BCUT2D eigenvalue weighted by molar-refractivity contribution is 6.02. The van der Waals surface area contributed by atoms with Gasteiger partial charge < -0.3 is 15.8 Å². The Hall–Kier alpha value is -1.10. The van der Waals surface area contributed by atoms with Gasteiger partial charge in [0, 0.05) is 29.0 Å². The zero-order valence-electron chi connectivity index (χ0n) is 16.9. The van der Waals surface area contributed by atoms with E-state index in [1.54, 1.807) is 0 Å². The molecule has 3 aliphatic rings. The average Bonchev–Trinajstić information content (AvgIpc) is 2.73. The second kappa shape index (κ2) is 5.21. The molecule has 3 rings (SSSR count). The molecule has 3 N–H and O–H groups in total. The third-order valence-corrected chi connectivity index (χ3v) is 7.81. The minimum Gasteiger partial charge on any atom is -0.411 e. The molecule has 2 aliphatic carbocycles. The molecule has 2 atom stereocenters. The molecule has 0 aromatic rings. The number of carbonyl (C=O) groups excluding carboxylic acids is 1. The second-order valence-corrected chi connectivity index (χ2v) is 10.7. The molecule has 142 valence electrons. The predicted molar refractivity (Wildman–Crippen MR) is 99.9 cm³/mol. The molecule has 2 unspecified atom stereocenters. The summed E-state index contributed by atoms with van der Waals surface area (Å²) in [6, 6.07) is 0.172. The van der Waals surface area contributed by atoms with Crippen molar-refractivity contribution in [3.05, 3.63) is 0 Å². The lowest BCUT2D eigenvalue weighted by atomic mass is 9.64. The third kappa shape index (κ3) is 2.53. The fourth-order valence-corrected chi connectivity index (χ4v) is 6.28. The van der Waals surface area contributed by atoms with E-state index in [0.717, 1.165) is 31.4 Å². The van der Waals surface area contributed by atoms with Gasteiger partial charge >= 0.3 is 0 Å². The first-order chi connectivity index (χ1) is 11.3. The van der Waals surface area contributed by atoms with Crippen LogP contribution in [0.4, 0.5) is 0 Å². The highest BCUT2D eigenvalue weighted by Crippen LogP contribution is 2.71. The van der Waals surface area contributed by atoms with E-state index < -0.39 is 5.41 Å². The maximum atomic E-state index is 13.5. The first-order valence-electron chi connectivity index (χ1n) is 9.60. The fraction of sp³-hybridized carbons (Fsp3) is 0.900. The molecule has 5 heteroatoms. The fourth-order valence-electron chi connectivity index (χ4n) is 6.28. The van der Waals surface area contributed by atoms with Gasteiger partial charge in [0.1, 0.15) is 0 Å². The Bertz CT molecular complexity index is 606. The van der Waals surface area contributed by atoms with Crippen LogP contribution in [0, 0.1) is 16.2 Å². The summed E-state index contributed by atoms with van der Waals surface area (Å²) >= 11 is 0. The van der Waals surface area contributed by atoms with Crippen LogP contribution in [0.25, 0.3) is 0 Å². The lowest BCUT2D eigenvalue weighted by molar-refractivity contribution is -0.137. The van der Waals surface area contributed by atoms with Crippen LogP contribution in [0.1, 0.15) is 80.6 Å². The number of oxime groups is 1. The first-order valence-corrected chi connectivity index (χ1v) is 9.60. The van der Waals surface area contributed by atoms with Crippen LogP contribution in [0.3, 0.4) is 0 Å². The molecule has 1 heterocycles. The van der Waals surface area contributed by atoms with Gasteiger partial charge in [-0.15, -0.1) is 0 Å². The van der Waals surface area contributed by atoms with Crippen molar-refractivity contribution in [3.63, 3.8) is 0 Å². The molecule has 0 aromatic heterocycles. The largest absolute Gasteiger partial charge is 0.411 e. The van der Waals surface area contributed by atoms with Gasteiger partial charge in [-0.3, -0.25) is 4.79 Å². The van der Waals surface area contributed by atoms with Gasteiger partial charge in [0.25, 0.3) is 0 Å². The topological polar surface area (TPSA) is 73.7 Å². The molecule has 1 saturated heterocycles. The summed E-state index contributed by atoms with van der Waals surface area (Å²) in [6.45, 7) is 15.3. The van der Waals surface area contributed by atoms with E-state index in [2.05, 4.69) is 64.3 Å². The van der Waals surface area contributed by atoms with Gasteiger partial charge in [0.15, 0.2) is 0 Å². The maximum absolute atomic E-state index is 13.5. The van der Waals surface area contributed by atoms with Crippen molar-refractivity contribution >= 4 is 11.6 Å². The quantitative estimate of drug-likeness (QED) is 0.528. The smallest absolute Gasteiger partial charge is 0.227 e. The summed E-state index contributed by atoms with van der Waals surface area (Å²) in [5, 5.41) is 20.1. The standard InChI is InChI=1S/C20H35N3O2/c1-16(2)10-13(11-17(3,4)23-16)21-15(24)20-9-8-19(7,18(20,5)6)14(12-20)22-25/h13,23,25H,8-12H2,1-7H3,(H,21,24). The summed E-state index contributed by atoms with van der Waals surface area (Å²) in [4.78, 5) is 13.5. The summed E-state index contributed by atoms with van der Waals surface area (Å²) in [5.41, 5.74) is -0.0443. The molecule has 1 aliphatic heterocycles. The summed E-state index contributed by atoms with van der Waals surface area (Å²) < 4.78 is 0. The van der Waals surface area contributed by atoms with Crippen molar-refractivity contribution in [1.82, 2.24) is 10.6 Å². The lowest BCUT2D eigenvalue weighted by Crippen LogP contribution is -2.63. The van der Waals surface area contributed by atoms with Gasteiger partial charge in [0.05, 0.1) is 11.1 Å². The predicted octanol–water partition coefficient (Wildman–Crippen LogP) is 3.46. The van der Waals surface area contributed by atoms with Crippen LogP contribution in [-0.4, -0.2) is 33.9 Å². The van der Waals surface area contributed by atoms with Gasteiger partial charge in [0.2, 0.25) is 5.91 Å². The molecule has 0 spiro atoms. The van der Waals surface area contributed by atoms with E-state index in [4.69, 9.17) is 0 Å². The van der Waals surface area contributed by atoms with Gasteiger partial charge in [-0.05, 0) is 58.8 Å². The normalized spacial score (nSPS) is 40.4. The van der Waals surface area contributed by atoms with E-state index in [0.29, 0.717) is 6.42 Å². The van der Waals surface area contributed by atoms with E-state index in [1.165, 1.54) is 0 Å². The number of nitrogens with zero attached hydrogens (tertiary/aromatic N) is 1. The van der Waals surface area contributed by atoms with Crippen molar-refractivity contribution in [2.45, 2.75) is 97.7 Å². The minimum atomic E-state index is -0.456. The average molecular weight is 350 g/mol. The van der Waals surface area contributed by atoms with Gasteiger partial charge in [-0.1, -0.05) is 25.9 Å². The lowest BCUT2D eigenvalue weighted by Gasteiger charge is -2.48. The third-order valence-electron chi connectivity index (χ3n) is 7.81. The molecule has 25 heavy (non-hydrogen) atoms. The molecule has 2 bridgehead atoms. The Balaban J connectivity index is 1.85. The summed E-state index contributed by atoms with van der Waals surface area (Å²) in [5.74, 6) is 0.151. The number of carbonyl (C=O) groups is 1. The zero-order valence-corrected chi connectivity index (χ0v) is 16.9. The number of amides is 1. The minimum absolute atomic E-state index is 0.00443. The Kier molecular flexibility index (Phi) is 3.90. The number of piperidine rings is 1. The number of nitrogens with one attached hydrogen (secondary N) is 2. The number of fused-ring (bicyclic) bond motifs is 2. The van der Waals surface area contributed by atoms with Crippen LogP contribution in [-0.2, 0) is 4.79 Å². The van der Waals surface area contributed by atoms with Crippen molar-refractivity contribution < 1.29 is 10.0 Å². The second-order valence-electron chi connectivity index (χ2n) is 10.7. The molecular formula is C20H35N3O2. The van der Waals surface area contributed by atoms with Crippen molar-refractivity contribution in [1.29, 1.82) is 0 Å². The highest BCUT2D eigenvalue weighted by Gasteiger charge is 2.71. The maximum Gasteiger partial charge on any atom is 0.227 e. The van der Waals surface area contributed by atoms with Crippen LogP contribution in [0.5, 0.6) is 0 Å². The van der Waals surface area contributed by atoms with Gasteiger partial charge in [-0.25, -0.2) is 0 Å². The molecule has 0 aromatic carbocycles. The SMILES string of the molecule is CC1(C)CC(NC(=O)C23CCC(C)(C(=NO)C2)C3(C)C)CC(C)(C)N1. The van der Waals surface area contributed by atoms with Crippen molar-refractivity contribution in [2.24, 2.45) is 21.4 Å². The first kappa shape index (κ1) is 18.7. The Labute approximate surface area is 152 Å². The van der Waals surface area contributed by atoms with Gasteiger partial charge in [-0.2, -0.15) is 0 Å². The molecule has 1 amide bonds. The molecular weight excluding hydrogens is 314 g/mol. The molecule has 2 saturated carbocycles.